The van der Waals surface area contributed by atoms with Crippen molar-refractivity contribution in [2.75, 3.05) is 10.6 Å². The van der Waals surface area contributed by atoms with Gasteiger partial charge in [0, 0.05) is 22.0 Å². The highest BCUT2D eigenvalue weighted by molar-refractivity contribution is 7.99. The van der Waals surface area contributed by atoms with Crippen LogP contribution in [-0.4, -0.2) is 31.6 Å². The van der Waals surface area contributed by atoms with Crippen LogP contribution in [0.15, 0.2) is 65.6 Å². The lowest BCUT2D eigenvalue weighted by atomic mass is 10.2. The number of hydrogen-bond donors (Lipinski definition) is 2. The molecule has 2 heterocycles. The number of hydrogen-bond acceptors (Lipinski definition) is 6. The molecule has 0 spiro atoms. The molecule has 2 aromatic carbocycles. The van der Waals surface area contributed by atoms with Gasteiger partial charge in [-0.3, -0.25) is 4.79 Å². The molecule has 0 saturated carbocycles. The number of carbonyl (C=O) groups is 1. The van der Waals surface area contributed by atoms with Crippen LogP contribution in [-0.2, 0) is 0 Å². The van der Waals surface area contributed by atoms with Crippen LogP contribution in [0.3, 0.4) is 0 Å². The van der Waals surface area contributed by atoms with Crippen molar-refractivity contribution in [1.82, 2.24) is 20.0 Å². The Morgan fingerprint density at radius 2 is 1.65 bits per heavy atom. The molecule has 0 aliphatic heterocycles. The van der Waals surface area contributed by atoms with Crippen LogP contribution in [0.2, 0.25) is 0 Å². The molecule has 0 aliphatic rings. The number of carbonyl (C=O) groups excluding carboxylic acids is 1. The van der Waals surface area contributed by atoms with E-state index in [1.54, 1.807) is 47.1 Å². The lowest BCUT2D eigenvalue weighted by Gasteiger charge is -2.11. The number of aryl methyl sites for hydroxylation is 1. The molecule has 34 heavy (non-hydrogen) atoms. The second-order valence-corrected chi connectivity index (χ2v) is 8.55. The van der Waals surface area contributed by atoms with Gasteiger partial charge in [0.05, 0.1) is 11.3 Å². The van der Waals surface area contributed by atoms with Crippen LogP contribution >= 0.6 is 11.8 Å². The van der Waals surface area contributed by atoms with Crippen molar-refractivity contribution in [3.63, 3.8) is 0 Å². The van der Waals surface area contributed by atoms with E-state index >= 15 is 0 Å². The number of halogens is 2. The summed E-state index contributed by atoms with van der Waals surface area (Å²) in [5.74, 6) is -1.88. The molecule has 0 saturated heterocycles. The third-order valence-corrected chi connectivity index (χ3v) is 6.07. The topological polar surface area (TPSA) is 84.7 Å². The molecular weight excluding hydrogens is 458 g/mol. The molecule has 2 aromatic heterocycles. The molecule has 0 bridgehead atoms. The van der Waals surface area contributed by atoms with Gasteiger partial charge in [-0.05, 0) is 74.9 Å². The van der Waals surface area contributed by atoms with Crippen LogP contribution in [0.5, 0.6) is 0 Å². The highest BCUT2D eigenvalue weighted by atomic mass is 32.2. The van der Waals surface area contributed by atoms with Gasteiger partial charge in [-0.1, -0.05) is 23.9 Å². The van der Waals surface area contributed by atoms with Gasteiger partial charge in [0.1, 0.15) is 0 Å². The molecule has 4 aromatic rings. The first kappa shape index (κ1) is 23.4. The molecule has 1 amide bonds. The second kappa shape index (κ2) is 10.0. The number of rotatable bonds is 7. The van der Waals surface area contributed by atoms with Gasteiger partial charge in [-0.2, -0.15) is 13.9 Å². The Morgan fingerprint density at radius 1 is 0.941 bits per heavy atom. The quantitative estimate of drug-likeness (QED) is 0.321. The standard InChI is InChI=1S/C24H22F2N6OS/c1-14-15(2)31-32(16(14)3)22-13-12-21(29-30-22)27-17-8-10-18(11-9-17)28-23(33)19-6-4-5-7-20(19)34-24(25)26/h4-13,24H,1-3H3,(H,27,29)(H,28,33). The average Bonchev–Trinajstić information content (AvgIpc) is 3.08. The largest absolute Gasteiger partial charge is 0.339 e. The maximum atomic E-state index is 12.8. The Balaban J connectivity index is 1.41. The number of aromatic nitrogens is 4. The molecule has 174 valence electrons. The molecule has 0 unspecified atom stereocenters. The Morgan fingerprint density at radius 3 is 2.26 bits per heavy atom. The van der Waals surface area contributed by atoms with Crippen LogP contribution in [0, 0.1) is 20.8 Å². The lowest BCUT2D eigenvalue weighted by molar-refractivity contribution is 0.102. The summed E-state index contributed by atoms with van der Waals surface area (Å²) in [6, 6.07) is 16.9. The Labute approximate surface area is 199 Å². The zero-order valence-corrected chi connectivity index (χ0v) is 19.5. The van der Waals surface area contributed by atoms with Crippen LogP contribution in [0.25, 0.3) is 5.82 Å². The fourth-order valence-electron chi connectivity index (χ4n) is 3.28. The zero-order chi connectivity index (χ0) is 24.2. The van der Waals surface area contributed by atoms with E-state index < -0.39 is 11.7 Å². The Hall–Kier alpha value is -3.79. The molecule has 4 rings (SSSR count). The predicted octanol–water partition coefficient (Wildman–Crippen LogP) is 5.90. The van der Waals surface area contributed by atoms with Crippen molar-refractivity contribution in [2.24, 2.45) is 0 Å². The molecule has 0 fully saturated rings. The summed E-state index contributed by atoms with van der Waals surface area (Å²) >= 11 is 0.347. The number of amides is 1. The summed E-state index contributed by atoms with van der Waals surface area (Å²) in [7, 11) is 0. The van der Waals surface area contributed by atoms with Gasteiger partial charge < -0.3 is 10.6 Å². The molecule has 0 radical (unpaired) electrons. The average molecular weight is 481 g/mol. The van der Waals surface area contributed by atoms with Crippen molar-refractivity contribution in [3.8, 4) is 5.82 Å². The van der Waals surface area contributed by atoms with Crippen molar-refractivity contribution < 1.29 is 13.6 Å². The van der Waals surface area contributed by atoms with E-state index in [0.717, 1.165) is 22.6 Å². The summed E-state index contributed by atoms with van der Waals surface area (Å²) in [5.41, 5.74) is 4.56. The van der Waals surface area contributed by atoms with Gasteiger partial charge in [0.15, 0.2) is 11.6 Å². The Bertz CT molecular complexity index is 1310. The minimum absolute atomic E-state index is 0.197. The number of thioether (sulfide) groups is 1. The minimum Gasteiger partial charge on any atom is -0.339 e. The molecule has 10 heteroatoms. The summed E-state index contributed by atoms with van der Waals surface area (Å²) < 4.78 is 27.3. The summed E-state index contributed by atoms with van der Waals surface area (Å²) in [4.78, 5) is 12.8. The number of anilines is 3. The van der Waals surface area contributed by atoms with Crippen molar-refractivity contribution in [2.45, 2.75) is 31.4 Å². The van der Waals surface area contributed by atoms with E-state index in [2.05, 4.69) is 25.9 Å². The van der Waals surface area contributed by atoms with E-state index in [-0.39, 0.29) is 10.5 Å². The maximum absolute atomic E-state index is 12.8. The van der Waals surface area contributed by atoms with E-state index in [1.807, 2.05) is 26.8 Å². The first-order valence-electron chi connectivity index (χ1n) is 10.4. The van der Waals surface area contributed by atoms with Crippen molar-refractivity contribution >= 4 is 34.9 Å². The van der Waals surface area contributed by atoms with Gasteiger partial charge >= 0.3 is 0 Å². The lowest BCUT2D eigenvalue weighted by Crippen LogP contribution is -2.13. The zero-order valence-electron chi connectivity index (χ0n) is 18.7. The number of benzene rings is 2. The SMILES string of the molecule is Cc1nn(-c2ccc(Nc3ccc(NC(=O)c4ccccc4SC(F)F)cc3)nn2)c(C)c1C. The number of nitrogens with zero attached hydrogens (tertiary/aromatic N) is 4. The van der Waals surface area contributed by atoms with Crippen molar-refractivity contribution in [1.29, 1.82) is 0 Å². The van der Waals surface area contributed by atoms with Crippen LogP contribution < -0.4 is 10.6 Å². The molecule has 7 nitrogen and oxygen atoms in total. The van der Waals surface area contributed by atoms with Gasteiger partial charge in [0.2, 0.25) is 0 Å². The number of alkyl halides is 2. The van der Waals surface area contributed by atoms with E-state index in [1.165, 1.54) is 12.1 Å². The maximum Gasteiger partial charge on any atom is 0.288 e. The highest BCUT2D eigenvalue weighted by Crippen LogP contribution is 2.29. The van der Waals surface area contributed by atoms with Gasteiger partial charge in [-0.25, -0.2) is 4.68 Å². The molecule has 2 N–H and O–H groups in total. The summed E-state index contributed by atoms with van der Waals surface area (Å²) in [5, 5.41) is 18.9. The van der Waals surface area contributed by atoms with E-state index in [9.17, 15) is 13.6 Å². The monoisotopic (exact) mass is 480 g/mol. The first-order chi connectivity index (χ1) is 16.3. The third-order valence-electron chi connectivity index (χ3n) is 5.28. The minimum atomic E-state index is -2.60. The second-order valence-electron chi connectivity index (χ2n) is 7.52. The first-order valence-corrected chi connectivity index (χ1v) is 11.3. The predicted molar refractivity (Wildman–Crippen MR) is 129 cm³/mol. The van der Waals surface area contributed by atoms with E-state index in [0.29, 0.717) is 29.1 Å². The van der Waals surface area contributed by atoms with Crippen molar-refractivity contribution in [3.05, 3.63) is 83.2 Å². The molecular formula is C24H22F2N6OS. The van der Waals surface area contributed by atoms with Gasteiger partial charge in [0.25, 0.3) is 11.7 Å². The number of nitrogens with one attached hydrogen (secondary N) is 2. The summed E-state index contributed by atoms with van der Waals surface area (Å²) in [6.07, 6.45) is 0. The normalized spacial score (nSPS) is 11.0. The smallest absolute Gasteiger partial charge is 0.288 e. The van der Waals surface area contributed by atoms with Gasteiger partial charge in [-0.15, -0.1) is 10.2 Å². The van der Waals surface area contributed by atoms with Crippen LogP contribution in [0.1, 0.15) is 27.3 Å². The fraction of sp³-hybridized carbons (Fsp3) is 0.167. The highest BCUT2D eigenvalue weighted by Gasteiger charge is 2.15. The Kier molecular flexibility index (Phi) is 6.87. The fourth-order valence-corrected chi connectivity index (χ4v) is 3.92. The summed E-state index contributed by atoms with van der Waals surface area (Å²) in [6.45, 7) is 5.96. The third kappa shape index (κ3) is 5.23. The van der Waals surface area contributed by atoms with E-state index in [4.69, 9.17) is 0 Å². The molecule has 0 aliphatic carbocycles. The molecule has 0 atom stereocenters. The van der Waals surface area contributed by atoms with Crippen LogP contribution in [0.4, 0.5) is 26.0 Å².